The number of nitrogens with zero attached hydrogens (tertiary/aromatic N) is 1. The number of rotatable bonds is 8. The van der Waals surface area contributed by atoms with Crippen LogP contribution in [-0.4, -0.2) is 31.4 Å². The van der Waals surface area contributed by atoms with Gasteiger partial charge in [-0.05, 0) is 42.5 Å². The van der Waals surface area contributed by atoms with Gasteiger partial charge in [-0.3, -0.25) is 4.79 Å². The summed E-state index contributed by atoms with van der Waals surface area (Å²) in [5.41, 5.74) is 4.24. The van der Waals surface area contributed by atoms with Gasteiger partial charge in [0.05, 0.1) is 18.8 Å². The first-order valence-electron chi connectivity index (χ1n) is 9.06. The molecule has 0 heterocycles. The van der Waals surface area contributed by atoms with Gasteiger partial charge in [0.2, 0.25) is 15.9 Å². The molecule has 0 aliphatic rings. The van der Waals surface area contributed by atoms with Crippen LogP contribution >= 0.6 is 0 Å². The van der Waals surface area contributed by atoms with Crippen molar-refractivity contribution in [1.82, 2.24) is 9.62 Å². The zero-order valence-electron chi connectivity index (χ0n) is 16.4. The lowest BCUT2D eigenvalue weighted by atomic mass is 9.99. The van der Waals surface area contributed by atoms with Gasteiger partial charge in [0.1, 0.15) is 0 Å². The molecule has 1 atom stereocenters. The van der Waals surface area contributed by atoms with E-state index in [1.165, 1.54) is 15.4 Å². The maximum atomic E-state index is 12.6. The molecule has 0 aromatic heterocycles. The summed E-state index contributed by atoms with van der Waals surface area (Å²) in [4.78, 5) is 12.6. The smallest absolute Gasteiger partial charge is 0.235 e. The van der Waals surface area contributed by atoms with E-state index in [9.17, 15) is 13.2 Å². The predicted molar refractivity (Wildman–Crippen MR) is 109 cm³/mol. The van der Waals surface area contributed by atoms with Crippen molar-refractivity contribution >= 4 is 15.9 Å². The van der Waals surface area contributed by atoms with E-state index < -0.39 is 10.0 Å². The lowest BCUT2D eigenvalue weighted by Gasteiger charge is -2.23. The zero-order chi connectivity index (χ0) is 20.0. The van der Waals surface area contributed by atoms with Crippen molar-refractivity contribution in [1.29, 1.82) is 0 Å². The minimum Gasteiger partial charge on any atom is -0.348 e. The number of nitrogens with one attached hydrogen (secondary N) is 1. The van der Waals surface area contributed by atoms with Gasteiger partial charge in [0, 0.05) is 6.54 Å². The van der Waals surface area contributed by atoms with Crippen LogP contribution in [0.5, 0.6) is 0 Å². The fourth-order valence-corrected chi connectivity index (χ4v) is 3.62. The average Bonchev–Trinajstić information content (AvgIpc) is 2.61. The molecule has 1 amide bonds. The van der Waals surface area contributed by atoms with Crippen LogP contribution in [0.4, 0.5) is 0 Å². The minimum atomic E-state index is -3.51. The van der Waals surface area contributed by atoms with Gasteiger partial charge in [-0.2, -0.15) is 4.31 Å². The van der Waals surface area contributed by atoms with Crippen molar-refractivity contribution in [3.8, 4) is 0 Å². The summed E-state index contributed by atoms with van der Waals surface area (Å²) in [6, 6.07) is 15.2. The first kappa shape index (κ1) is 21.1. The lowest BCUT2D eigenvalue weighted by molar-refractivity contribution is -0.122. The fraction of sp³-hybridized carbons (Fsp3) is 0.381. The number of amides is 1. The first-order valence-corrected chi connectivity index (χ1v) is 10.9. The van der Waals surface area contributed by atoms with E-state index in [0.29, 0.717) is 0 Å². The molecule has 0 spiro atoms. The number of hydrogen-bond donors (Lipinski definition) is 1. The summed E-state index contributed by atoms with van der Waals surface area (Å²) in [7, 11) is -3.51. The highest BCUT2D eigenvalue weighted by molar-refractivity contribution is 7.88. The van der Waals surface area contributed by atoms with Gasteiger partial charge in [-0.15, -0.1) is 0 Å². The topological polar surface area (TPSA) is 66.5 Å². The van der Waals surface area contributed by atoms with Crippen LogP contribution in [-0.2, 0) is 21.4 Å². The first-order chi connectivity index (χ1) is 12.7. The van der Waals surface area contributed by atoms with Crippen LogP contribution < -0.4 is 5.32 Å². The Morgan fingerprint density at radius 2 is 1.74 bits per heavy atom. The molecule has 0 saturated carbocycles. The summed E-state index contributed by atoms with van der Waals surface area (Å²) >= 11 is 0. The largest absolute Gasteiger partial charge is 0.348 e. The quantitative estimate of drug-likeness (QED) is 0.754. The van der Waals surface area contributed by atoms with Crippen LogP contribution in [0, 0.1) is 13.8 Å². The summed E-state index contributed by atoms with van der Waals surface area (Å²) in [6.07, 6.45) is 1.86. The number of benzene rings is 2. The molecular formula is C21H28N2O3S. The van der Waals surface area contributed by atoms with E-state index in [0.717, 1.165) is 23.8 Å². The second-order valence-corrected chi connectivity index (χ2v) is 8.87. The van der Waals surface area contributed by atoms with Gasteiger partial charge < -0.3 is 5.32 Å². The Morgan fingerprint density at radius 3 is 2.30 bits per heavy atom. The van der Waals surface area contributed by atoms with Crippen molar-refractivity contribution in [2.75, 3.05) is 12.8 Å². The Hall–Kier alpha value is -2.18. The highest BCUT2D eigenvalue weighted by Gasteiger charge is 2.22. The molecule has 0 unspecified atom stereocenters. The van der Waals surface area contributed by atoms with Crippen molar-refractivity contribution < 1.29 is 13.2 Å². The summed E-state index contributed by atoms with van der Waals surface area (Å²) < 4.78 is 25.4. The Kier molecular flexibility index (Phi) is 7.16. The van der Waals surface area contributed by atoms with E-state index in [1.54, 1.807) is 0 Å². The van der Waals surface area contributed by atoms with Gasteiger partial charge >= 0.3 is 0 Å². The molecule has 1 N–H and O–H groups in total. The number of aryl methyl sites for hydroxylation is 2. The monoisotopic (exact) mass is 388 g/mol. The van der Waals surface area contributed by atoms with Crippen molar-refractivity contribution in [2.24, 2.45) is 0 Å². The van der Waals surface area contributed by atoms with Crippen molar-refractivity contribution in [3.63, 3.8) is 0 Å². The number of hydrogen-bond acceptors (Lipinski definition) is 3. The molecular weight excluding hydrogens is 360 g/mol. The van der Waals surface area contributed by atoms with E-state index in [4.69, 9.17) is 0 Å². The number of carbonyl (C=O) groups excluding carboxylic acids is 1. The molecule has 6 heteroatoms. The summed E-state index contributed by atoms with van der Waals surface area (Å²) in [5.74, 6) is -0.304. The Bertz CT molecular complexity index is 880. The number of carbonyl (C=O) groups is 1. The maximum Gasteiger partial charge on any atom is 0.235 e. The third-order valence-corrected chi connectivity index (χ3v) is 5.86. The SMILES string of the molecule is CC[C@H](NC(=O)CN(Cc1ccccc1)S(C)(=O)=O)c1ccc(C)c(C)c1. The zero-order valence-corrected chi connectivity index (χ0v) is 17.2. The standard InChI is InChI=1S/C21H28N2O3S/c1-5-20(19-12-11-16(2)17(3)13-19)22-21(24)15-23(27(4,25)26)14-18-9-7-6-8-10-18/h6-13,20H,5,14-15H2,1-4H3,(H,22,24)/t20-/m0/s1. The van der Waals surface area contributed by atoms with Gasteiger partial charge in [0.15, 0.2) is 0 Å². The highest BCUT2D eigenvalue weighted by Crippen LogP contribution is 2.20. The van der Waals surface area contributed by atoms with Gasteiger partial charge in [0.25, 0.3) is 0 Å². The van der Waals surface area contributed by atoms with Crippen LogP contribution in [0.1, 0.15) is 41.6 Å². The van der Waals surface area contributed by atoms with E-state index in [-0.39, 0.29) is 25.0 Å². The van der Waals surface area contributed by atoms with Crippen LogP contribution in [0.15, 0.2) is 48.5 Å². The van der Waals surface area contributed by atoms with Crippen molar-refractivity contribution in [2.45, 2.75) is 39.8 Å². The predicted octanol–water partition coefficient (Wildman–Crippen LogP) is 3.33. The molecule has 146 valence electrons. The van der Waals surface area contributed by atoms with Crippen LogP contribution in [0.3, 0.4) is 0 Å². The normalized spacial score (nSPS) is 12.8. The fourth-order valence-electron chi connectivity index (χ4n) is 2.88. The van der Waals surface area contributed by atoms with Crippen LogP contribution in [0.2, 0.25) is 0 Å². The molecule has 0 aliphatic heterocycles. The lowest BCUT2D eigenvalue weighted by Crippen LogP contribution is -2.41. The Labute approximate surface area is 162 Å². The van der Waals surface area contributed by atoms with Gasteiger partial charge in [-0.1, -0.05) is 55.5 Å². The van der Waals surface area contributed by atoms with E-state index in [1.807, 2.05) is 63.2 Å². The summed E-state index contributed by atoms with van der Waals surface area (Å²) in [6.45, 7) is 6.06. The minimum absolute atomic E-state index is 0.144. The second kappa shape index (κ2) is 9.15. The molecule has 0 saturated heterocycles. The molecule has 0 fully saturated rings. The third-order valence-electron chi connectivity index (χ3n) is 4.67. The molecule has 0 radical (unpaired) electrons. The van der Waals surface area contributed by atoms with Gasteiger partial charge in [-0.25, -0.2) is 8.42 Å². The maximum absolute atomic E-state index is 12.6. The molecule has 0 aliphatic carbocycles. The molecule has 2 aromatic carbocycles. The third kappa shape index (κ3) is 6.19. The molecule has 27 heavy (non-hydrogen) atoms. The molecule has 2 rings (SSSR count). The average molecular weight is 389 g/mol. The molecule has 2 aromatic rings. The Balaban J connectivity index is 2.10. The highest BCUT2D eigenvalue weighted by atomic mass is 32.2. The van der Waals surface area contributed by atoms with E-state index in [2.05, 4.69) is 11.4 Å². The van der Waals surface area contributed by atoms with E-state index >= 15 is 0 Å². The second-order valence-electron chi connectivity index (χ2n) is 6.89. The molecule has 5 nitrogen and oxygen atoms in total. The molecule has 0 bridgehead atoms. The Morgan fingerprint density at radius 1 is 1.07 bits per heavy atom. The summed E-state index contributed by atoms with van der Waals surface area (Å²) in [5, 5.41) is 2.97. The number of sulfonamides is 1. The van der Waals surface area contributed by atoms with Crippen LogP contribution in [0.25, 0.3) is 0 Å². The van der Waals surface area contributed by atoms with Crippen molar-refractivity contribution in [3.05, 3.63) is 70.8 Å².